The Morgan fingerprint density at radius 3 is 1.41 bits per heavy atom. The lowest BCUT2D eigenvalue weighted by Gasteiger charge is -2.27. The first-order valence-electron chi connectivity index (χ1n) is 17.5. The fourth-order valence-electron chi connectivity index (χ4n) is 7.39. The fourth-order valence-corrected chi connectivity index (χ4v) is 11.8. The molecule has 0 saturated carbocycles. The molecule has 0 N–H and O–H groups in total. The molecule has 0 aliphatic heterocycles. The van der Waals surface area contributed by atoms with Crippen LogP contribution in [0.4, 0.5) is 0 Å². The van der Waals surface area contributed by atoms with E-state index in [0.717, 1.165) is 19.3 Å². The third kappa shape index (κ3) is 7.89. The van der Waals surface area contributed by atoms with Crippen molar-refractivity contribution in [3.63, 3.8) is 0 Å². The summed E-state index contributed by atoms with van der Waals surface area (Å²) in [4.78, 5) is 39.7. The van der Waals surface area contributed by atoms with E-state index in [1.807, 2.05) is 0 Å². The van der Waals surface area contributed by atoms with Gasteiger partial charge >= 0.3 is 0 Å². The third-order valence-electron chi connectivity index (χ3n) is 9.83. The van der Waals surface area contributed by atoms with Crippen molar-refractivity contribution in [2.75, 3.05) is 6.16 Å². The van der Waals surface area contributed by atoms with Gasteiger partial charge in [0.2, 0.25) is 5.78 Å². The summed E-state index contributed by atoms with van der Waals surface area (Å²) in [6, 6.07) is 41.8. The molecule has 0 amide bonds. The molecule has 4 nitrogen and oxygen atoms in total. The Bertz CT molecular complexity index is 1830. The van der Waals surface area contributed by atoms with Crippen LogP contribution >= 0.6 is 7.26 Å². The molecular formula is C43H45INO3P. The number of ketones is 2. The summed E-state index contributed by atoms with van der Waals surface area (Å²) in [7, 11) is -1.75. The monoisotopic (exact) mass is 781 g/mol. The second-order valence-electron chi connectivity index (χ2n) is 13.0. The SMILES string of the molecule is Cc1cc(=O)n(CCCCCCCCCCC[P+](c2ccccc2)(c2ccccc2)c2ccccc2)c2c1C(=O)c1ccccc1C2=O.[I-]. The number of hydrogen-bond donors (Lipinski definition) is 0. The molecule has 6 rings (SSSR count). The van der Waals surface area contributed by atoms with Gasteiger partial charge < -0.3 is 28.5 Å². The van der Waals surface area contributed by atoms with Gasteiger partial charge in [0.25, 0.3) is 5.56 Å². The highest BCUT2D eigenvalue weighted by atomic mass is 127. The quantitative estimate of drug-likeness (QED) is 0.0793. The highest BCUT2D eigenvalue weighted by Gasteiger charge is 2.44. The molecule has 0 bridgehead atoms. The second-order valence-corrected chi connectivity index (χ2v) is 16.6. The maximum atomic E-state index is 13.4. The minimum Gasteiger partial charge on any atom is -1.00 e. The summed E-state index contributed by atoms with van der Waals surface area (Å²) in [5, 5.41) is 4.37. The van der Waals surface area contributed by atoms with Gasteiger partial charge in [0.15, 0.2) is 5.78 Å². The van der Waals surface area contributed by atoms with Gasteiger partial charge in [0, 0.05) is 23.7 Å². The summed E-state index contributed by atoms with van der Waals surface area (Å²) in [6.45, 7) is 2.20. The van der Waals surface area contributed by atoms with Crippen molar-refractivity contribution in [2.24, 2.45) is 0 Å². The standard InChI is InChI=1S/C43H45NO3P.HI/c1-33-32-39(45)44(41-40(33)42(46)37-28-18-19-29-38(37)43(41)47)30-20-7-5-3-2-4-6-8-21-31-48(34-22-12-9-13-23-34,35-24-14-10-15-25-35)36-26-16-11-17-27-36;/h9-19,22-29,32H,2-8,20-21,30-31H2,1H3;1H/q+1;/p-1. The Kier molecular flexibility index (Phi) is 12.9. The van der Waals surface area contributed by atoms with E-state index in [1.165, 1.54) is 66.7 Å². The maximum absolute atomic E-state index is 13.4. The van der Waals surface area contributed by atoms with Gasteiger partial charge in [-0.25, -0.2) is 0 Å². The van der Waals surface area contributed by atoms with E-state index in [1.54, 1.807) is 35.8 Å². The molecule has 1 aliphatic carbocycles. The van der Waals surface area contributed by atoms with Crippen LogP contribution in [0.5, 0.6) is 0 Å². The average molecular weight is 782 g/mol. The van der Waals surface area contributed by atoms with Gasteiger partial charge in [-0.2, -0.15) is 0 Å². The maximum Gasteiger partial charge on any atom is 0.251 e. The van der Waals surface area contributed by atoms with E-state index in [2.05, 4.69) is 91.0 Å². The Balaban J connectivity index is 0.00000468. The first-order chi connectivity index (χ1) is 23.5. The Labute approximate surface area is 308 Å². The largest absolute Gasteiger partial charge is 1.00 e. The van der Waals surface area contributed by atoms with E-state index in [0.29, 0.717) is 28.8 Å². The van der Waals surface area contributed by atoms with Crippen molar-refractivity contribution < 1.29 is 33.6 Å². The molecule has 0 fully saturated rings. The summed E-state index contributed by atoms with van der Waals surface area (Å²) in [6.07, 6.45) is 11.3. The first kappa shape index (κ1) is 36.6. The van der Waals surface area contributed by atoms with Gasteiger partial charge in [0.1, 0.15) is 28.9 Å². The average Bonchev–Trinajstić information content (AvgIpc) is 3.13. The molecule has 1 aliphatic rings. The summed E-state index contributed by atoms with van der Waals surface area (Å²) >= 11 is 0. The van der Waals surface area contributed by atoms with Crippen molar-refractivity contribution in [3.8, 4) is 0 Å². The number of carbonyl (C=O) groups is 2. The molecule has 1 aromatic heterocycles. The molecule has 0 spiro atoms. The van der Waals surface area contributed by atoms with E-state index in [9.17, 15) is 14.4 Å². The van der Waals surface area contributed by atoms with Gasteiger partial charge in [0.05, 0.1) is 11.7 Å². The number of hydrogen-bond acceptors (Lipinski definition) is 3. The minimum absolute atomic E-state index is 0. The zero-order chi connectivity index (χ0) is 33.3. The van der Waals surface area contributed by atoms with Gasteiger partial charge in [-0.05, 0) is 68.1 Å². The van der Waals surface area contributed by atoms with Crippen LogP contribution in [0.2, 0.25) is 0 Å². The highest BCUT2D eigenvalue weighted by Crippen LogP contribution is 2.56. The lowest BCUT2D eigenvalue weighted by atomic mass is 9.84. The van der Waals surface area contributed by atoms with E-state index >= 15 is 0 Å². The van der Waals surface area contributed by atoms with Crippen molar-refractivity contribution in [3.05, 3.63) is 160 Å². The van der Waals surface area contributed by atoms with Crippen LogP contribution in [0.1, 0.15) is 95.3 Å². The van der Waals surface area contributed by atoms with Crippen molar-refractivity contribution in [1.29, 1.82) is 0 Å². The second kappa shape index (κ2) is 17.3. The van der Waals surface area contributed by atoms with Crippen LogP contribution in [0.15, 0.2) is 126 Å². The number of carbonyl (C=O) groups excluding carboxylic acids is 2. The third-order valence-corrected chi connectivity index (χ3v) is 14.4. The molecule has 0 atom stereocenters. The van der Waals surface area contributed by atoms with Crippen molar-refractivity contribution >= 4 is 34.7 Å². The number of pyridine rings is 1. The first-order valence-corrected chi connectivity index (χ1v) is 19.5. The molecule has 0 radical (unpaired) electrons. The Morgan fingerprint density at radius 2 is 0.918 bits per heavy atom. The van der Waals surface area contributed by atoms with E-state index < -0.39 is 7.26 Å². The van der Waals surface area contributed by atoms with Crippen molar-refractivity contribution in [1.82, 2.24) is 4.57 Å². The zero-order valence-electron chi connectivity index (χ0n) is 28.3. The molecule has 252 valence electrons. The Morgan fingerprint density at radius 1 is 0.510 bits per heavy atom. The number of unbranched alkanes of at least 4 members (excludes halogenated alkanes) is 8. The number of nitrogens with zero attached hydrogens (tertiary/aromatic N) is 1. The van der Waals surface area contributed by atoms with Crippen molar-refractivity contribution in [2.45, 2.75) is 71.3 Å². The van der Waals surface area contributed by atoms with Gasteiger partial charge in [-0.3, -0.25) is 14.4 Å². The molecular weight excluding hydrogens is 736 g/mol. The topological polar surface area (TPSA) is 56.1 Å². The highest BCUT2D eigenvalue weighted by molar-refractivity contribution is 7.95. The van der Waals surface area contributed by atoms with E-state index in [-0.39, 0.29) is 46.8 Å². The van der Waals surface area contributed by atoms with E-state index in [4.69, 9.17) is 0 Å². The summed E-state index contributed by atoms with van der Waals surface area (Å²) < 4.78 is 1.54. The lowest BCUT2D eigenvalue weighted by molar-refractivity contribution is -0.0000235. The predicted molar refractivity (Wildman–Crippen MR) is 200 cm³/mol. The number of aromatic nitrogens is 1. The van der Waals surface area contributed by atoms with Crippen LogP contribution in [-0.4, -0.2) is 22.3 Å². The number of halogens is 1. The molecule has 4 aromatic carbocycles. The lowest BCUT2D eigenvalue weighted by Crippen LogP contribution is -3.00. The summed E-state index contributed by atoms with van der Waals surface area (Å²) in [5.74, 6) is -0.393. The molecule has 49 heavy (non-hydrogen) atoms. The van der Waals surface area contributed by atoms with Crippen LogP contribution in [0, 0.1) is 6.92 Å². The number of aryl methyl sites for hydroxylation is 1. The van der Waals surface area contributed by atoms with Crippen LogP contribution < -0.4 is 45.4 Å². The fraction of sp³-hybridized carbons (Fsp3) is 0.279. The van der Waals surface area contributed by atoms with Gasteiger partial charge in [-0.1, -0.05) is 117 Å². The number of fused-ring (bicyclic) bond motifs is 2. The molecule has 6 heteroatoms. The Hall–Kier alpha value is -3.67. The van der Waals surface area contributed by atoms with Crippen LogP contribution in [0.25, 0.3) is 0 Å². The number of benzene rings is 4. The number of rotatable bonds is 15. The van der Waals surface area contributed by atoms with Crippen LogP contribution in [0.3, 0.4) is 0 Å². The molecule has 0 unspecified atom stereocenters. The zero-order valence-corrected chi connectivity index (χ0v) is 31.4. The summed E-state index contributed by atoms with van der Waals surface area (Å²) in [5.41, 5.74) is 1.84. The normalized spacial score (nSPS) is 12.3. The molecule has 1 heterocycles. The molecule has 5 aromatic rings. The van der Waals surface area contributed by atoms with Gasteiger partial charge in [-0.15, -0.1) is 0 Å². The minimum atomic E-state index is -1.75. The smallest absolute Gasteiger partial charge is 0.251 e. The van der Waals surface area contributed by atoms with Crippen LogP contribution in [-0.2, 0) is 6.54 Å². The molecule has 0 saturated heterocycles. The predicted octanol–water partition coefficient (Wildman–Crippen LogP) is 5.44.